The molecule has 0 radical (unpaired) electrons. The number of phosphoric acid groups is 3. The van der Waals surface area contributed by atoms with Gasteiger partial charge < -0.3 is 35.2 Å². The molecule has 20 heteroatoms. The zero-order valence-electron chi connectivity index (χ0n) is 15.5. The van der Waals surface area contributed by atoms with E-state index in [0.29, 0.717) is 0 Å². The van der Waals surface area contributed by atoms with Crippen LogP contribution in [0.15, 0.2) is 12.7 Å². The van der Waals surface area contributed by atoms with Crippen molar-refractivity contribution in [2.75, 3.05) is 12.3 Å². The quantitative estimate of drug-likeness (QED) is 0.250. The Morgan fingerprint density at radius 2 is 1.81 bits per heavy atom. The Labute approximate surface area is 173 Å². The highest BCUT2D eigenvalue weighted by Gasteiger charge is 2.45. The van der Waals surface area contributed by atoms with Gasteiger partial charge >= 0.3 is 23.5 Å². The molecule has 6 atom stereocenters. The minimum absolute atomic E-state index is 0.105. The topological polar surface area (TPSA) is 259 Å². The molecule has 2 aromatic rings. The number of aliphatic hydroxyl groups is 1. The van der Waals surface area contributed by atoms with Crippen LogP contribution >= 0.6 is 23.5 Å². The molecular formula is C11H18N5O12P3. The number of aliphatic hydroxyl groups excluding tert-OH is 1. The van der Waals surface area contributed by atoms with Gasteiger partial charge in [-0.15, -0.1) is 0 Å². The molecule has 0 saturated carbocycles. The Kier molecular flexibility index (Phi) is 6.71. The van der Waals surface area contributed by atoms with Crippen LogP contribution in [0.25, 0.3) is 11.2 Å². The second-order valence-electron chi connectivity index (χ2n) is 6.38. The standard InChI is InChI=1S/C11H18N5O12P3/c1-5-6(2-25-30(21,22)28-31(23,24)27-29(18,19)20)26-11(8(5)17)16-4-15-7-9(12)13-3-14-10(7)16/h3-6,8,11,17H,2H2,1H3,(H,21,22)(H,23,24)(H2,12,13,14)(H2,18,19,20)/t5-,6-,8-,11-/m1/s1. The van der Waals surface area contributed by atoms with E-state index in [1.165, 1.54) is 24.1 Å². The molecule has 2 unspecified atom stereocenters. The number of nitrogen functional groups attached to an aromatic ring is 1. The van der Waals surface area contributed by atoms with Gasteiger partial charge in [0.25, 0.3) is 0 Å². The fourth-order valence-corrected chi connectivity index (χ4v) is 5.84. The number of ether oxygens (including phenoxy) is 1. The monoisotopic (exact) mass is 505 g/mol. The van der Waals surface area contributed by atoms with E-state index >= 15 is 0 Å². The van der Waals surface area contributed by atoms with Gasteiger partial charge in [-0.05, 0) is 0 Å². The molecule has 1 aliphatic rings. The summed E-state index contributed by atoms with van der Waals surface area (Å²) in [6.45, 7) is 0.834. The summed E-state index contributed by atoms with van der Waals surface area (Å²) in [4.78, 5) is 47.6. The lowest BCUT2D eigenvalue weighted by molar-refractivity contribution is -0.0485. The van der Waals surface area contributed by atoms with Crippen molar-refractivity contribution in [3.8, 4) is 0 Å². The molecule has 1 fully saturated rings. The average Bonchev–Trinajstić information content (AvgIpc) is 3.13. The third-order valence-electron chi connectivity index (χ3n) is 4.21. The maximum atomic E-state index is 11.9. The SMILES string of the molecule is C[C@H]1[C@@H](O)[C@H](n2cnc3c(N)ncnc32)O[C@@H]1COP(=O)(O)OP(=O)(O)OP(=O)(O)O. The van der Waals surface area contributed by atoms with Crippen LogP contribution in [0, 0.1) is 5.92 Å². The van der Waals surface area contributed by atoms with Gasteiger partial charge in [0.2, 0.25) is 0 Å². The molecule has 7 N–H and O–H groups in total. The maximum absolute atomic E-state index is 11.9. The van der Waals surface area contributed by atoms with Crippen LogP contribution in [-0.4, -0.2) is 63.0 Å². The summed E-state index contributed by atoms with van der Waals surface area (Å²) in [7, 11) is -16.5. The van der Waals surface area contributed by atoms with Crippen LogP contribution in [0.3, 0.4) is 0 Å². The second-order valence-corrected chi connectivity index (χ2v) is 10.8. The Morgan fingerprint density at radius 3 is 2.45 bits per heavy atom. The number of hydrogen-bond donors (Lipinski definition) is 6. The molecule has 174 valence electrons. The smallest absolute Gasteiger partial charge is 0.388 e. The van der Waals surface area contributed by atoms with Gasteiger partial charge in [0, 0.05) is 5.92 Å². The first kappa shape index (κ1) is 24.3. The summed E-state index contributed by atoms with van der Waals surface area (Å²) in [5, 5.41) is 10.5. The van der Waals surface area contributed by atoms with Gasteiger partial charge in [-0.2, -0.15) is 8.62 Å². The Balaban J connectivity index is 1.69. The molecule has 31 heavy (non-hydrogen) atoms. The van der Waals surface area contributed by atoms with Gasteiger partial charge in [0.05, 0.1) is 19.0 Å². The maximum Gasteiger partial charge on any atom is 0.490 e. The number of fused-ring (bicyclic) bond motifs is 1. The normalized spacial score (nSPS) is 28.5. The number of aromatic nitrogens is 4. The molecule has 3 heterocycles. The largest absolute Gasteiger partial charge is 0.490 e. The summed E-state index contributed by atoms with van der Waals surface area (Å²) in [5.74, 6) is -0.567. The van der Waals surface area contributed by atoms with E-state index in [2.05, 4.69) is 28.1 Å². The van der Waals surface area contributed by atoms with Gasteiger partial charge in [-0.3, -0.25) is 9.09 Å². The Hall–Kier alpha value is -1.32. The van der Waals surface area contributed by atoms with Crippen molar-refractivity contribution < 1.29 is 56.3 Å². The Morgan fingerprint density at radius 1 is 1.13 bits per heavy atom. The van der Waals surface area contributed by atoms with E-state index in [-0.39, 0.29) is 17.0 Å². The first-order chi connectivity index (χ1) is 14.2. The third kappa shape index (κ3) is 5.73. The summed E-state index contributed by atoms with van der Waals surface area (Å²) < 4.78 is 52.7. The minimum Gasteiger partial charge on any atom is -0.388 e. The second kappa shape index (κ2) is 8.56. The molecule has 0 bridgehead atoms. The van der Waals surface area contributed by atoms with E-state index in [1.54, 1.807) is 0 Å². The highest BCUT2D eigenvalue weighted by molar-refractivity contribution is 7.66. The number of anilines is 1. The fourth-order valence-electron chi connectivity index (χ4n) is 2.81. The van der Waals surface area contributed by atoms with E-state index in [1.807, 2.05) is 0 Å². The lowest BCUT2D eigenvalue weighted by atomic mass is 10.0. The van der Waals surface area contributed by atoms with Crippen molar-refractivity contribution >= 4 is 40.4 Å². The number of nitrogens with two attached hydrogens (primary N) is 1. The molecule has 1 aliphatic heterocycles. The van der Waals surface area contributed by atoms with Crippen molar-refractivity contribution in [1.82, 2.24) is 19.5 Å². The van der Waals surface area contributed by atoms with Gasteiger partial charge in [-0.1, -0.05) is 6.92 Å². The highest BCUT2D eigenvalue weighted by Crippen LogP contribution is 2.66. The van der Waals surface area contributed by atoms with Crippen LogP contribution in [0.5, 0.6) is 0 Å². The Bertz CT molecular complexity index is 1110. The van der Waals surface area contributed by atoms with Crippen LogP contribution in [0.4, 0.5) is 5.82 Å². The number of hydrogen-bond acceptors (Lipinski definition) is 12. The number of imidazole rings is 1. The van der Waals surface area contributed by atoms with Crippen molar-refractivity contribution in [3.05, 3.63) is 12.7 Å². The summed E-state index contributed by atoms with van der Waals surface area (Å²) >= 11 is 0. The van der Waals surface area contributed by atoms with Crippen LogP contribution in [-0.2, 0) is 31.6 Å². The predicted molar refractivity (Wildman–Crippen MR) is 98.6 cm³/mol. The third-order valence-corrected chi connectivity index (χ3v) is 8.01. The van der Waals surface area contributed by atoms with Crippen molar-refractivity contribution in [3.63, 3.8) is 0 Å². The van der Waals surface area contributed by atoms with Crippen LogP contribution in [0.2, 0.25) is 0 Å². The van der Waals surface area contributed by atoms with Crippen LogP contribution < -0.4 is 5.73 Å². The average molecular weight is 505 g/mol. The summed E-state index contributed by atoms with van der Waals surface area (Å²) in [5.41, 5.74) is 6.24. The molecular weight excluding hydrogens is 487 g/mol. The molecule has 1 saturated heterocycles. The van der Waals surface area contributed by atoms with Crippen molar-refractivity contribution in [1.29, 1.82) is 0 Å². The predicted octanol–water partition coefficient (Wildman–Crippen LogP) is -0.354. The number of phosphoric ester groups is 1. The first-order valence-electron chi connectivity index (χ1n) is 8.24. The van der Waals surface area contributed by atoms with Crippen LogP contribution in [0.1, 0.15) is 13.2 Å². The first-order valence-corrected chi connectivity index (χ1v) is 12.8. The lowest BCUT2D eigenvalue weighted by Gasteiger charge is -2.19. The molecule has 0 spiro atoms. The zero-order chi connectivity index (χ0) is 23.2. The van der Waals surface area contributed by atoms with Crippen molar-refractivity contribution in [2.45, 2.75) is 25.4 Å². The van der Waals surface area contributed by atoms with E-state index in [0.717, 1.165) is 0 Å². The highest BCUT2D eigenvalue weighted by atomic mass is 31.3. The van der Waals surface area contributed by atoms with E-state index in [4.69, 9.17) is 25.2 Å². The molecule has 3 rings (SSSR count). The van der Waals surface area contributed by atoms with Gasteiger partial charge in [0.1, 0.15) is 17.9 Å². The molecule has 0 aromatic carbocycles. The molecule has 0 amide bonds. The number of nitrogens with zero attached hydrogens (tertiary/aromatic N) is 4. The zero-order valence-corrected chi connectivity index (χ0v) is 18.2. The summed E-state index contributed by atoms with van der Waals surface area (Å²) in [6, 6.07) is 0. The van der Waals surface area contributed by atoms with E-state index in [9.17, 15) is 23.7 Å². The summed E-state index contributed by atoms with van der Waals surface area (Å²) in [6.07, 6.45) is -0.706. The van der Waals surface area contributed by atoms with Gasteiger partial charge in [-0.25, -0.2) is 28.6 Å². The molecule has 2 aromatic heterocycles. The lowest BCUT2D eigenvalue weighted by Crippen LogP contribution is -2.26. The number of rotatable bonds is 8. The van der Waals surface area contributed by atoms with Crippen molar-refractivity contribution in [2.24, 2.45) is 5.92 Å². The van der Waals surface area contributed by atoms with Gasteiger partial charge in [0.15, 0.2) is 17.7 Å². The molecule has 0 aliphatic carbocycles. The minimum atomic E-state index is -5.64. The fraction of sp³-hybridized carbons (Fsp3) is 0.545. The molecule has 17 nitrogen and oxygen atoms in total. The van der Waals surface area contributed by atoms with E-state index < -0.39 is 54.4 Å².